The third kappa shape index (κ3) is 3.89. The van der Waals surface area contributed by atoms with Crippen LogP contribution in [0.25, 0.3) is 0 Å². The molecule has 0 aliphatic heterocycles. The number of aryl methyl sites for hydroxylation is 2. The van der Waals surface area contributed by atoms with E-state index in [0.717, 1.165) is 22.0 Å². The van der Waals surface area contributed by atoms with Gasteiger partial charge >= 0.3 is 0 Å². The molecule has 124 valence electrons. The summed E-state index contributed by atoms with van der Waals surface area (Å²) in [5, 5.41) is 3.81. The first-order chi connectivity index (χ1) is 11.6. The maximum Gasteiger partial charge on any atom is 0.287 e. The summed E-state index contributed by atoms with van der Waals surface area (Å²) in [6.07, 6.45) is 3.66. The molecule has 0 atom stereocenters. The van der Waals surface area contributed by atoms with Gasteiger partial charge < -0.3 is 14.3 Å². The molecule has 6 heteroatoms. The molecule has 2 heterocycles. The van der Waals surface area contributed by atoms with Crippen molar-refractivity contribution in [3.8, 4) is 0 Å². The molecule has 3 aromatic rings. The van der Waals surface area contributed by atoms with Crippen LogP contribution in [0, 0.1) is 6.92 Å². The van der Waals surface area contributed by atoms with Gasteiger partial charge in [-0.25, -0.2) is 4.98 Å². The highest BCUT2D eigenvalue weighted by Gasteiger charge is 2.12. The van der Waals surface area contributed by atoms with Crippen molar-refractivity contribution in [1.29, 1.82) is 0 Å². The quantitative estimate of drug-likeness (QED) is 0.697. The Kier molecular flexibility index (Phi) is 5.05. The molecule has 3 rings (SSSR count). The standard InChI is InChI=1S/C18H19N3O2S/c1-13-5-3-4-6-14(13)11-20-17(22)16-8-7-15(23-16)12-24-18-19-9-10-21(18)2/h3-10H,11-12H2,1-2H3,(H,20,22). The third-order valence-corrected chi connectivity index (χ3v) is 4.79. The van der Waals surface area contributed by atoms with Crippen LogP contribution in [0.5, 0.6) is 0 Å². The molecule has 24 heavy (non-hydrogen) atoms. The first kappa shape index (κ1) is 16.4. The highest BCUT2D eigenvalue weighted by Crippen LogP contribution is 2.21. The molecule has 5 nitrogen and oxygen atoms in total. The van der Waals surface area contributed by atoms with Gasteiger partial charge in [-0.1, -0.05) is 36.0 Å². The second-order valence-corrected chi connectivity index (χ2v) is 6.43. The van der Waals surface area contributed by atoms with Crippen LogP contribution in [-0.2, 0) is 19.3 Å². The van der Waals surface area contributed by atoms with Gasteiger partial charge in [0.1, 0.15) is 5.76 Å². The zero-order valence-corrected chi connectivity index (χ0v) is 14.5. The summed E-state index contributed by atoms with van der Waals surface area (Å²) < 4.78 is 7.58. The Morgan fingerprint density at radius 2 is 2.12 bits per heavy atom. The smallest absolute Gasteiger partial charge is 0.287 e. The molecule has 0 bridgehead atoms. The normalized spacial score (nSPS) is 10.8. The van der Waals surface area contributed by atoms with E-state index >= 15 is 0 Å². The van der Waals surface area contributed by atoms with E-state index in [-0.39, 0.29) is 5.91 Å². The number of nitrogens with one attached hydrogen (secondary N) is 1. The van der Waals surface area contributed by atoms with Crippen LogP contribution in [0.4, 0.5) is 0 Å². The SMILES string of the molecule is Cc1ccccc1CNC(=O)c1ccc(CSc2nccn2C)o1. The average Bonchev–Trinajstić information content (AvgIpc) is 3.21. The van der Waals surface area contributed by atoms with Crippen LogP contribution in [0.2, 0.25) is 0 Å². The lowest BCUT2D eigenvalue weighted by molar-refractivity contribution is 0.0921. The molecule has 1 aromatic carbocycles. The van der Waals surface area contributed by atoms with Gasteiger partial charge in [0.25, 0.3) is 5.91 Å². The molecular weight excluding hydrogens is 322 g/mol. The van der Waals surface area contributed by atoms with Crippen LogP contribution in [-0.4, -0.2) is 15.5 Å². The molecule has 1 N–H and O–H groups in total. The van der Waals surface area contributed by atoms with Crippen molar-refractivity contribution in [2.45, 2.75) is 24.4 Å². The second kappa shape index (κ2) is 7.40. The van der Waals surface area contributed by atoms with Crippen molar-refractivity contribution in [3.05, 3.63) is 71.4 Å². The van der Waals surface area contributed by atoms with Gasteiger partial charge in [-0.2, -0.15) is 0 Å². The molecule has 0 fully saturated rings. The lowest BCUT2D eigenvalue weighted by Gasteiger charge is -2.06. The number of thioether (sulfide) groups is 1. The predicted molar refractivity (Wildman–Crippen MR) is 93.8 cm³/mol. The number of benzene rings is 1. The lowest BCUT2D eigenvalue weighted by Crippen LogP contribution is -2.22. The predicted octanol–water partition coefficient (Wildman–Crippen LogP) is 3.54. The van der Waals surface area contributed by atoms with E-state index in [2.05, 4.69) is 10.3 Å². The Balaban J connectivity index is 1.55. The van der Waals surface area contributed by atoms with E-state index < -0.39 is 0 Å². The Labute approximate surface area is 145 Å². The maximum atomic E-state index is 12.2. The van der Waals surface area contributed by atoms with E-state index in [1.165, 1.54) is 0 Å². The summed E-state index contributed by atoms with van der Waals surface area (Å²) in [5.74, 6) is 1.52. The number of hydrogen-bond donors (Lipinski definition) is 1. The van der Waals surface area contributed by atoms with Crippen molar-refractivity contribution < 1.29 is 9.21 Å². The number of hydrogen-bond acceptors (Lipinski definition) is 4. The molecule has 0 saturated carbocycles. The van der Waals surface area contributed by atoms with E-state index in [1.807, 2.05) is 55.1 Å². The van der Waals surface area contributed by atoms with E-state index in [9.17, 15) is 4.79 Å². The fourth-order valence-electron chi connectivity index (χ4n) is 2.28. The van der Waals surface area contributed by atoms with Gasteiger partial charge in [0, 0.05) is 26.0 Å². The summed E-state index contributed by atoms with van der Waals surface area (Å²) in [6, 6.07) is 11.5. The van der Waals surface area contributed by atoms with Crippen LogP contribution in [0.15, 0.2) is 58.4 Å². The zero-order valence-electron chi connectivity index (χ0n) is 13.7. The molecule has 0 unspecified atom stereocenters. The van der Waals surface area contributed by atoms with Gasteiger partial charge in [0.05, 0.1) is 5.75 Å². The van der Waals surface area contributed by atoms with Crippen molar-refractivity contribution in [3.63, 3.8) is 0 Å². The Morgan fingerprint density at radius 3 is 2.88 bits per heavy atom. The molecule has 2 aromatic heterocycles. The number of nitrogens with zero attached hydrogens (tertiary/aromatic N) is 2. The highest BCUT2D eigenvalue weighted by atomic mass is 32.2. The summed E-state index contributed by atoms with van der Waals surface area (Å²) >= 11 is 1.57. The van der Waals surface area contributed by atoms with Crippen LogP contribution in [0.3, 0.4) is 0 Å². The number of rotatable bonds is 6. The Bertz CT molecular complexity index is 838. The van der Waals surface area contributed by atoms with Gasteiger partial charge in [-0.15, -0.1) is 0 Å². The van der Waals surface area contributed by atoms with E-state index in [0.29, 0.717) is 18.1 Å². The second-order valence-electron chi connectivity index (χ2n) is 5.48. The van der Waals surface area contributed by atoms with Crippen molar-refractivity contribution in [2.75, 3.05) is 0 Å². The summed E-state index contributed by atoms with van der Waals surface area (Å²) in [5.41, 5.74) is 2.26. The number of imidazole rings is 1. The third-order valence-electron chi connectivity index (χ3n) is 3.71. The van der Waals surface area contributed by atoms with Gasteiger partial charge in [-0.05, 0) is 30.2 Å². The lowest BCUT2D eigenvalue weighted by atomic mass is 10.1. The summed E-state index contributed by atoms with van der Waals surface area (Å²) in [4.78, 5) is 16.5. The molecule has 0 saturated heterocycles. The first-order valence-electron chi connectivity index (χ1n) is 7.65. The minimum absolute atomic E-state index is 0.202. The largest absolute Gasteiger partial charge is 0.455 e. The Hall–Kier alpha value is -2.47. The molecular formula is C18H19N3O2S. The van der Waals surface area contributed by atoms with Crippen LogP contribution in [0.1, 0.15) is 27.4 Å². The minimum atomic E-state index is -0.202. The topological polar surface area (TPSA) is 60.1 Å². The van der Waals surface area contributed by atoms with Crippen molar-refractivity contribution >= 4 is 17.7 Å². The molecule has 0 aliphatic rings. The molecule has 1 amide bonds. The summed E-state index contributed by atoms with van der Waals surface area (Å²) in [6.45, 7) is 2.52. The fraction of sp³-hybridized carbons (Fsp3) is 0.222. The van der Waals surface area contributed by atoms with Gasteiger partial charge in [0.15, 0.2) is 10.9 Å². The van der Waals surface area contributed by atoms with Crippen LogP contribution >= 0.6 is 11.8 Å². The fourth-order valence-corrected chi connectivity index (χ4v) is 3.10. The number of aromatic nitrogens is 2. The highest BCUT2D eigenvalue weighted by molar-refractivity contribution is 7.98. The number of furan rings is 1. The van der Waals surface area contributed by atoms with Crippen molar-refractivity contribution in [2.24, 2.45) is 7.05 Å². The number of carbonyl (C=O) groups excluding carboxylic acids is 1. The average molecular weight is 341 g/mol. The number of amides is 1. The maximum absolute atomic E-state index is 12.2. The monoisotopic (exact) mass is 341 g/mol. The van der Waals surface area contributed by atoms with Crippen LogP contribution < -0.4 is 5.32 Å². The van der Waals surface area contributed by atoms with E-state index in [4.69, 9.17) is 4.42 Å². The Morgan fingerprint density at radius 1 is 1.29 bits per heavy atom. The zero-order chi connectivity index (χ0) is 16.9. The van der Waals surface area contributed by atoms with Gasteiger partial charge in [-0.3, -0.25) is 4.79 Å². The molecule has 0 spiro atoms. The van der Waals surface area contributed by atoms with Gasteiger partial charge in [0.2, 0.25) is 0 Å². The first-order valence-corrected chi connectivity index (χ1v) is 8.63. The van der Waals surface area contributed by atoms with Crippen molar-refractivity contribution in [1.82, 2.24) is 14.9 Å². The van der Waals surface area contributed by atoms with E-state index in [1.54, 1.807) is 24.0 Å². The minimum Gasteiger partial charge on any atom is -0.455 e. The molecule has 0 radical (unpaired) electrons. The summed E-state index contributed by atoms with van der Waals surface area (Å²) in [7, 11) is 1.95. The number of carbonyl (C=O) groups is 1. The molecule has 0 aliphatic carbocycles.